The van der Waals surface area contributed by atoms with Crippen molar-refractivity contribution in [3.05, 3.63) is 29.8 Å². The number of aliphatic carboxylic acids is 1. The molecule has 1 amide bonds. The quantitative estimate of drug-likeness (QED) is 0.860. The Labute approximate surface area is 111 Å². The van der Waals surface area contributed by atoms with Crippen LogP contribution in [0.3, 0.4) is 0 Å². The lowest BCUT2D eigenvalue weighted by molar-refractivity contribution is -0.147. The standard InChI is InChI=1S/C14H17NO4/c1-14(13(18)19)6-7-15(9-14)12(17)8-10-2-4-11(16)5-3-10/h2-5,16H,6-9H2,1H3,(H,18,19). The number of hydrogen-bond acceptors (Lipinski definition) is 3. The number of benzene rings is 1. The molecule has 0 aliphatic carbocycles. The lowest BCUT2D eigenvalue weighted by atomic mass is 9.90. The molecule has 1 saturated heterocycles. The molecule has 2 rings (SSSR count). The number of rotatable bonds is 3. The zero-order chi connectivity index (χ0) is 14.0. The van der Waals surface area contributed by atoms with Crippen LogP contribution in [0.4, 0.5) is 0 Å². The highest BCUT2D eigenvalue weighted by atomic mass is 16.4. The van der Waals surface area contributed by atoms with Crippen molar-refractivity contribution in [2.24, 2.45) is 5.41 Å². The fraction of sp³-hybridized carbons (Fsp3) is 0.429. The maximum absolute atomic E-state index is 12.1. The monoisotopic (exact) mass is 263 g/mol. The maximum atomic E-state index is 12.1. The van der Waals surface area contributed by atoms with Gasteiger partial charge < -0.3 is 15.1 Å². The lowest BCUT2D eigenvalue weighted by Crippen LogP contribution is -2.35. The number of carboxylic acids is 1. The van der Waals surface area contributed by atoms with Crippen molar-refractivity contribution >= 4 is 11.9 Å². The van der Waals surface area contributed by atoms with Gasteiger partial charge in [-0.1, -0.05) is 12.1 Å². The summed E-state index contributed by atoms with van der Waals surface area (Å²) in [4.78, 5) is 24.8. The Morgan fingerprint density at radius 2 is 1.95 bits per heavy atom. The Bertz CT molecular complexity index is 497. The van der Waals surface area contributed by atoms with Crippen molar-refractivity contribution in [2.45, 2.75) is 19.8 Å². The molecular weight excluding hydrogens is 246 g/mol. The van der Waals surface area contributed by atoms with Gasteiger partial charge in [-0.2, -0.15) is 0 Å². The molecule has 0 bridgehead atoms. The number of aromatic hydroxyl groups is 1. The van der Waals surface area contributed by atoms with Gasteiger partial charge in [0.05, 0.1) is 11.8 Å². The van der Waals surface area contributed by atoms with E-state index >= 15 is 0 Å². The number of carbonyl (C=O) groups is 2. The van der Waals surface area contributed by atoms with E-state index in [2.05, 4.69) is 0 Å². The number of hydrogen-bond donors (Lipinski definition) is 2. The molecule has 1 aliphatic heterocycles. The number of phenolic OH excluding ortho intramolecular Hbond substituents is 1. The highest BCUT2D eigenvalue weighted by Gasteiger charge is 2.41. The Morgan fingerprint density at radius 1 is 1.32 bits per heavy atom. The van der Waals surface area contributed by atoms with Crippen molar-refractivity contribution in [3.8, 4) is 5.75 Å². The number of nitrogens with zero attached hydrogens (tertiary/aromatic N) is 1. The zero-order valence-electron chi connectivity index (χ0n) is 10.8. The van der Waals surface area contributed by atoms with E-state index in [4.69, 9.17) is 5.11 Å². The number of carbonyl (C=O) groups excluding carboxylic acids is 1. The lowest BCUT2D eigenvalue weighted by Gasteiger charge is -2.20. The number of likely N-dealkylation sites (tertiary alicyclic amines) is 1. The fourth-order valence-corrected chi connectivity index (χ4v) is 2.25. The summed E-state index contributed by atoms with van der Waals surface area (Å²) in [5.41, 5.74) is -0.0170. The summed E-state index contributed by atoms with van der Waals surface area (Å²) < 4.78 is 0. The molecule has 102 valence electrons. The van der Waals surface area contributed by atoms with Gasteiger partial charge in [-0.05, 0) is 31.0 Å². The average Bonchev–Trinajstić information content (AvgIpc) is 2.76. The van der Waals surface area contributed by atoms with E-state index in [1.807, 2.05) is 0 Å². The predicted molar refractivity (Wildman–Crippen MR) is 68.8 cm³/mol. The zero-order valence-corrected chi connectivity index (χ0v) is 10.8. The third-order valence-corrected chi connectivity index (χ3v) is 3.63. The van der Waals surface area contributed by atoms with E-state index in [1.54, 1.807) is 24.0 Å². The first kappa shape index (κ1) is 13.4. The fourth-order valence-electron chi connectivity index (χ4n) is 2.25. The highest BCUT2D eigenvalue weighted by Crippen LogP contribution is 2.30. The van der Waals surface area contributed by atoms with Gasteiger partial charge in [0, 0.05) is 13.1 Å². The normalized spacial score (nSPS) is 22.5. The third kappa shape index (κ3) is 2.86. The summed E-state index contributed by atoms with van der Waals surface area (Å²) >= 11 is 0. The van der Waals surface area contributed by atoms with Gasteiger partial charge in [0.2, 0.25) is 5.91 Å². The molecule has 1 aliphatic rings. The number of amides is 1. The third-order valence-electron chi connectivity index (χ3n) is 3.63. The summed E-state index contributed by atoms with van der Waals surface area (Å²) in [5, 5.41) is 18.3. The van der Waals surface area contributed by atoms with Crippen molar-refractivity contribution in [1.29, 1.82) is 0 Å². The number of carboxylic acid groups (broad SMARTS) is 1. The van der Waals surface area contributed by atoms with E-state index in [1.165, 1.54) is 12.1 Å². The molecule has 1 fully saturated rings. The molecule has 0 radical (unpaired) electrons. The smallest absolute Gasteiger partial charge is 0.311 e. The van der Waals surface area contributed by atoms with E-state index in [-0.39, 0.29) is 24.6 Å². The summed E-state index contributed by atoms with van der Waals surface area (Å²) in [6, 6.07) is 6.46. The Hall–Kier alpha value is -2.04. The van der Waals surface area contributed by atoms with E-state index in [0.717, 1.165) is 5.56 Å². The topological polar surface area (TPSA) is 77.8 Å². The van der Waals surface area contributed by atoms with Crippen molar-refractivity contribution in [1.82, 2.24) is 4.90 Å². The maximum Gasteiger partial charge on any atom is 0.311 e. The Kier molecular flexibility index (Phi) is 3.46. The van der Waals surface area contributed by atoms with Crippen LogP contribution in [-0.2, 0) is 16.0 Å². The first-order valence-corrected chi connectivity index (χ1v) is 6.20. The van der Waals surface area contributed by atoms with Crippen molar-refractivity contribution in [3.63, 3.8) is 0 Å². The highest BCUT2D eigenvalue weighted by molar-refractivity contribution is 5.82. The second-order valence-electron chi connectivity index (χ2n) is 5.27. The van der Waals surface area contributed by atoms with Gasteiger partial charge in [-0.3, -0.25) is 9.59 Å². The molecule has 19 heavy (non-hydrogen) atoms. The summed E-state index contributed by atoms with van der Waals surface area (Å²) in [7, 11) is 0. The molecule has 1 atom stereocenters. The molecular formula is C14H17NO4. The first-order chi connectivity index (χ1) is 8.90. The molecule has 2 N–H and O–H groups in total. The van der Waals surface area contributed by atoms with Crippen LogP contribution >= 0.6 is 0 Å². The van der Waals surface area contributed by atoms with Crippen LogP contribution < -0.4 is 0 Å². The van der Waals surface area contributed by atoms with Crippen LogP contribution in [0.25, 0.3) is 0 Å². The molecule has 5 heteroatoms. The molecule has 1 unspecified atom stereocenters. The van der Waals surface area contributed by atoms with Crippen LogP contribution in [-0.4, -0.2) is 40.1 Å². The molecule has 0 spiro atoms. The SMILES string of the molecule is CC1(C(=O)O)CCN(C(=O)Cc2ccc(O)cc2)C1. The number of phenols is 1. The van der Waals surface area contributed by atoms with Gasteiger partial charge in [0.25, 0.3) is 0 Å². The Morgan fingerprint density at radius 3 is 2.47 bits per heavy atom. The minimum Gasteiger partial charge on any atom is -0.508 e. The summed E-state index contributed by atoms with van der Waals surface area (Å²) in [5.74, 6) is -0.765. The Balaban J connectivity index is 1.98. The van der Waals surface area contributed by atoms with Crippen LogP contribution in [0, 0.1) is 5.41 Å². The van der Waals surface area contributed by atoms with Crippen molar-refractivity contribution < 1.29 is 19.8 Å². The molecule has 1 heterocycles. The van der Waals surface area contributed by atoms with Crippen LogP contribution in [0.1, 0.15) is 18.9 Å². The second kappa shape index (κ2) is 4.91. The minimum absolute atomic E-state index is 0.0735. The first-order valence-electron chi connectivity index (χ1n) is 6.20. The van der Waals surface area contributed by atoms with Crippen molar-refractivity contribution in [2.75, 3.05) is 13.1 Å². The summed E-state index contributed by atoms with van der Waals surface area (Å²) in [6.45, 7) is 2.42. The molecule has 0 aromatic heterocycles. The molecule has 1 aromatic rings. The second-order valence-corrected chi connectivity index (χ2v) is 5.27. The average molecular weight is 263 g/mol. The van der Waals surface area contributed by atoms with E-state index in [9.17, 15) is 14.7 Å². The van der Waals surface area contributed by atoms with Crippen LogP contribution in [0.5, 0.6) is 5.75 Å². The molecule has 1 aromatic carbocycles. The predicted octanol–water partition coefficient (Wildman–Crippen LogP) is 1.26. The molecule has 0 saturated carbocycles. The van der Waals surface area contributed by atoms with E-state index < -0.39 is 11.4 Å². The van der Waals surface area contributed by atoms with Gasteiger partial charge in [-0.25, -0.2) is 0 Å². The largest absolute Gasteiger partial charge is 0.508 e. The molecule has 5 nitrogen and oxygen atoms in total. The van der Waals surface area contributed by atoms with Gasteiger partial charge >= 0.3 is 5.97 Å². The van der Waals surface area contributed by atoms with Crippen LogP contribution in [0.15, 0.2) is 24.3 Å². The van der Waals surface area contributed by atoms with Gasteiger partial charge in [0.1, 0.15) is 5.75 Å². The summed E-state index contributed by atoms with van der Waals surface area (Å²) in [6.07, 6.45) is 0.722. The van der Waals surface area contributed by atoms with Crippen LogP contribution in [0.2, 0.25) is 0 Å². The van der Waals surface area contributed by atoms with Gasteiger partial charge in [-0.15, -0.1) is 0 Å². The van der Waals surface area contributed by atoms with Gasteiger partial charge in [0.15, 0.2) is 0 Å². The minimum atomic E-state index is -0.854. The van der Waals surface area contributed by atoms with E-state index in [0.29, 0.717) is 13.0 Å².